The highest BCUT2D eigenvalue weighted by molar-refractivity contribution is 5.84. The summed E-state index contributed by atoms with van der Waals surface area (Å²) in [5.74, 6) is 1.88. The summed E-state index contributed by atoms with van der Waals surface area (Å²) in [6.45, 7) is 42.5. The molecule has 8 aliphatic carbocycles. The molecule has 0 N–H and O–H groups in total. The molecule has 1 aromatic heterocycles. The normalized spacial score (nSPS) is 29.9. The van der Waals surface area contributed by atoms with E-state index in [1.807, 2.05) is 0 Å². The lowest BCUT2D eigenvalue weighted by molar-refractivity contribution is 0.234. The van der Waals surface area contributed by atoms with E-state index in [-0.39, 0.29) is 55.3 Å². The molecule has 3 aromatic carbocycles. The summed E-state index contributed by atoms with van der Waals surface area (Å²) in [4.78, 5) is 5.54. The van der Waals surface area contributed by atoms with Gasteiger partial charge in [-0.3, -0.25) is 0 Å². The van der Waals surface area contributed by atoms with Gasteiger partial charge in [0, 0.05) is 40.7 Å². The summed E-state index contributed by atoms with van der Waals surface area (Å²) in [5, 5.41) is 0. The van der Waals surface area contributed by atoms with Crippen molar-refractivity contribution in [1.82, 2.24) is 0 Å². The molecule has 0 radical (unpaired) electrons. The number of hydrogen-bond acceptors (Lipinski definition) is 3. The highest BCUT2D eigenvalue weighted by atomic mass is 16.3. The van der Waals surface area contributed by atoms with Crippen molar-refractivity contribution in [2.45, 2.75) is 223 Å². The van der Waals surface area contributed by atoms with Crippen LogP contribution in [0.3, 0.4) is 0 Å². The van der Waals surface area contributed by atoms with Gasteiger partial charge in [0.25, 0.3) is 0 Å². The average molecular weight is 1020 g/mol. The van der Waals surface area contributed by atoms with Crippen LogP contribution in [0.5, 0.6) is 0 Å². The first kappa shape index (κ1) is 52.0. The second kappa shape index (κ2) is 16.9. The molecule has 1 heterocycles. The van der Waals surface area contributed by atoms with Crippen LogP contribution in [-0.4, -0.2) is 6.04 Å². The molecule has 0 spiro atoms. The van der Waals surface area contributed by atoms with Crippen molar-refractivity contribution in [3.05, 3.63) is 158 Å². The van der Waals surface area contributed by atoms with Crippen LogP contribution in [0.25, 0.3) is 6.08 Å². The third-order valence-electron chi connectivity index (χ3n) is 22.4. The number of anilines is 4. The molecule has 3 heteroatoms. The van der Waals surface area contributed by atoms with Gasteiger partial charge >= 0.3 is 0 Å². The fourth-order valence-electron chi connectivity index (χ4n) is 17.2. The molecule has 12 rings (SSSR count). The van der Waals surface area contributed by atoms with E-state index >= 15 is 0 Å². The molecule has 0 amide bonds. The zero-order chi connectivity index (χ0) is 54.1. The zero-order valence-electron chi connectivity index (χ0n) is 50.3. The van der Waals surface area contributed by atoms with Crippen LogP contribution in [-0.2, 0) is 22.7 Å². The number of rotatable bonds is 7. The van der Waals surface area contributed by atoms with Crippen LogP contribution in [0, 0.1) is 38.4 Å². The number of fused-ring (bicyclic) bond motifs is 7. The Morgan fingerprint density at radius 1 is 0.579 bits per heavy atom. The van der Waals surface area contributed by atoms with Crippen molar-refractivity contribution >= 4 is 28.8 Å². The van der Waals surface area contributed by atoms with Crippen molar-refractivity contribution in [2.75, 3.05) is 9.80 Å². The van der Waals surface area contributed by atoms with E-state index in [9.17, 15) is 0 Å². The third-order valence-corrected chi connectivity index (χ3v) is 22.4. The van der Waals surface area contributed by atoms with E-state index in [0.717, 1.165) is 19.3 Å². The predicted octanol–water partition coefficient (Wildman–Crippen LogP) is 20.7. The number of nitrogens with zero attached hydrogens (tertiary/aromatic N) is 2. The van der Waals surface area contributed by atoms with E-state index in [1.54, 1.807) is 27.9 Å². The maximum absolute atomic E-state index is 6.98. The smallest absolute Gasteiger partial charge is 0.115 e. The van der Waals surface area contributed by atoms with Gasteiger partial charge in [0.15, 0.2) is 0 Å². The Kier molecular flexibility index (Phi) is 11.5. The predicted molar refractivity (Wildman–Crippen MR) is 322 cm³/mol. The van der Waals surface area contributed by atoms with E-state index in [4.69, 9.17) is 4.42 Å². The number of furan rings is 1. The molecule has 76 heavy (non-hydrogen) atoms. The minimum absolute atomic E-state index is 0.0127. The van der Waals surface area contributed by atoms with Gasteiger partial charge in [-0.25, -0.2) is 0 Å². The standard InChI is InChI=1S/C73H94N2O/c1-65(2,3)47-37-50(74(48-23-25-53-56(40-48)69(10,11)31-29-66(53,4)5)60-28-27-55-64(63(60)46-21-19-18-20-22-46)71(14,15)34-33-68(55,8)9)39-51(38-47)75(49-24-26-54-57(41-49)70(12,13)32-30-67(54,6)7)61-44-76-62-43-59-58(42-52(61)62)72(16)35-36-73(59,17)45-72/h18-23,25,27-28,37-42,44,59-60,63H,24,26,29-36,43,45H2,1-17H3. The summed E-state index contributed by atoms with van der Waals surface area (Å²) in [6, 6.07) is 27.1. The number of benzene rings is 3. The van der Waals surface area contributed by atoms with Gasteiger partial charge in [0.1, 0.15) is 12.0 Å². The Balaban J connectivity index is 1.13. The van der Waals surface area contributed by atoms with Gasteiger partial charge in [0.2, 0.25) is 0 Å². The van der Waals surface area contributed by atoms with Gasteiger partial charge in [-0.1, -0.05) is 183 Å². The molecule has 3 nitrogen and oxygen atoms in total. The monoisotopic (exact) mass is 1010 g/mol. The van der Waals surface area contributed by atoms with Crippen molar-refractivity contribution in [3.63, 3.8) is 0 Å². The third kappa shape index (κ3) is 8.12. The first-order chi connectivity index (χ1) is 35.4. The highest BCUT2D eigenvalue weighted by Crippen LogP contribution is 2.69. The topological polar surface area (TPSA) is 19.6 Å². The molecule has 0 saturated heterocycles. The van der Waals surface area contributed by atoms with Crippen LogP contribution in [0.4, 0.5) is 22.7 Å². The fourth-order valence-corrected chi connectivity index (χ4v) is 17.2. The molecule has 8 aliphatic rings. The molecule has 0 aliphatic heterocycles. The molecule has 2 bridgehead atoms. The molecule has 402 valence electrons. The Bertz CT molecular complexity index is 3200. The van der Waals surface area contributed by atoms with Crippen LogP contribution in [0.15, 0.2) is 129 Å². The Morgan fingerprint density at radius 2 is 1.22 bits per heavy atom. The Labute approximate surface area is 460 Å². The van der Waals surface area contributed by atoms with Crippen LogP contribution < -0.4 is 9.80 Å². The van der Waals surface area contributed by atoms with E-state index in [2.05, 4.69) is 225 Å². The lowest BCUT2D eigenvalue weighted by Gasteiger charge is -2.51. The van der Waals surface area contributed by atoms with Crippen LogP contribution >= 0.6 is 0 Å². The molecule has 5 atom stereocenters. The summed E-state index contributed by atoms with van der Waals surface area (Å²) in [7, 11) is 0. The van der Waals surface area contributed by atoms with Gasteiger partial charge in [-0.05, 0) is 201 Å². The maximum Gasteiger partial charge on any atom is 0.115 e. The lowest BCUT2D eigenvalue weighted by Crippen LogP contribution is -2.44. The number of hydrogen-bond donors (Lipinski definition) is 0. The fraction of sp³-hybridized carbons (Fsp3) is 0.562. The molecule has 5 unspecified atom stereocenters. The Hall–Kier alpha value is -4.76. The summed E-state index contributed by atoms with van der Waals surface area (Å²) in [6.07, 6.45) is 26.9. The summed E-state index contributed by atoms with van der Waals surface area (Å²) >= 11 is 0. The zero-order valence-corrected chi connectivity index (χ0v) is 50.3. The minimum atomic E-state index is -0.138. The lowest BCUT2D eigenvalue weighted by atomic mass is 9.56. The van der Waals surface area contributed by atoms with E-state index < -0.39 is 0 Å². The summed E-state index contributed by atoms with van der Waals surface area (Å²) < 4.78 is 6.98. The molecule has 2 saturated carbocycles. The van der Waals surface area contributed by atoms with Gasteiger partial charge in [-0.2, -0.15) is 0 Å². The van der Waals surface area contributed by atoms with Crippen molar-refractivity contribution in [1.29, 1.82) is 0 Å². The van der Waals surface area contributed by atoms with E-state index in [1.165, 1.54) is 120 Å². The van der Waals surface area contributed by atoms with Crippen LogP contribution in [0.1, 0.15) is 228 Å². The van der Waals surface area contributed by atoms with Crippen molar-refractivity contribution in [2.24, 2.45) is 38.4 Å². The molecule has 4 aromatic rings. The van der Waals surface area contributed by atoms with Gasteiger partial charge < -0.3 is 14.2 Å². The largest absolute Gasteiger partial charge is 0.466 e. The summed E-state index contributed by atoms with van der Waals surface area (Å²) in [5.41, 5.74) is 22.6. The molecular formula is C73H94N2O. The molecule has 2 fully saturated rings. The van der Waals surface area contributed by atoms with Crippen molar-refractivity contribution in [3.8, 4) is 0 Å². The SMILES string of the molecule is CC1(C)CCC(C)(C)C2=C1C=C(N(c1cc(N(c3ccc4c(c3)C(C)(C)CCC4(C)C)C3C=CC4=C(C3c3ccccc3)C(C)(C)CCC4(C)C)cc(C(C)(C)C)c1)c1coc3c1C=C1C(C3)C3(C)CCC1(C)C3)CC2. The maximum atomic E-state index is 6.98. The first-order valence-electron chi connectivity index (χ1n) is 30.1. The Morgan fingerprint density at radius 3 is 1.93 bits per heavy atom. The highest BCUT2D eigenvalue weighted by Gasteiger charge is 2.59. The minimum Gasteiger partial charge on any atom is -0.466 e. The van der Waals surface area contributed by atoms with Crippen molar-refractivity contribution < 1.29 is 4.42 Å². The second-order valence-electron chi connectivity index (χ2n) is 31.5. The van der Waals surface area contributed by atoms with E-state index in [0.29, 0.717) is 11.3 Å². The average Bonchev–Trinajstić information content (AvgIpc) is 4.14. The van der Waals surface area contributed by atoms with Gasteiger partial charge in [-0.15, -0.1) is 0 Å². The van der Waals surface area contributed by atoms with Gasteiger partial charge in [0.05, 0.1) is 11.7 Å². The quantitative estimate of drug-likeness (QED) is 0.184. The van der Waals surface area contributed by atoms with Crippen LogP contribution in [0.2, 0.25) is 0 Å². The molecular weight excluding hydrogens is 921 g/mol. The second-order valence-corrected chi connectivity index (χ2v) is 31.5. The number of allylic oxidation sites excluding steroid dienone is 7. The first-order valence-corrected chi connectivity index (χ1v) is 30.1.